The van der Waals surface area contributed by atoms with Gasteiger partial charge in [0.25, 0.3) is 5.56 Å². The minimum Gasteiger partial charge on any atom is -0.326 e. The maximum absolute atomic E-state index is 12.9. The quantitative estimate of drug-likeness (QED) is 0.402. The van der Waals surface area contributed by atoms with E-state index in [2.05, 4.69) is 25.9 Å². The summed E-state index contributed by atoms with van der Waals surface area (Å²) in [5.41, 5.74) is 0.862. The monoisotopic (exact) mass is 485 g/mol. The van der Waals surface area contributed by atoms with Crippen molar-refractivity contribution >= 4 is 63.9 Å². The van der Waals surface area contributed by atoms with Crippen molar-refractivity contribution in [3.63, 3.8) is 0 Å². The number of rotatable bonds is 5. The molecule has 4 rings (SSSR count). The van der Waals surface area contributed by atoms with Crippen LogP contribution in [0.2, 0.25) is 10.0 Å². The van der Waals surface area contributed by atoms with Crippen molar-refractivity contribution in [3.8, 4) is 0 Å². The van der Waals surface area contributed by atoms with E-state index in [-0.39, 0.29) is 29.5 Å². The molecule has 1 aliphatic heterocycles. The molecule has 1 atom stereocenters. The Balaban J connectivity index is 1.61. The summed E-state index contributed by atoms with van der Waals surface area (Å²) in [6, 6.07) is 11.0. The van der Waals surface area contributed by atoms with Gasteiger partial charge in [-0.05, 0) is 49.4 Å². The SMILES string of the molecule is CC(=O)c1ccc(NC(=O)[C@@H]2CC(=O)Nc3nc(Nc4cc(Cl)cc(Cl)c4)[nH]c(=O)c32)cc1. The molecule has 0 unspecified atom stereocenters. The molecule has 2 heterocycles. The summed E-state index contributed by atoms with van der Waals surface area (Å²) < 4.78 is 0. The second kappa shape index (κ2) is 9.05. The van der Waals surface area contributed by atoms with E-state index in [1.165, 1.54) is 6.92 Å². The Bertz CT molecular complexity index is 1320. The van der Waals surface area contributed by atoms with Gasteiger partial charge in [-0.3, -0.25) is 24.2 Å². The maximum atomic E-state index is 12.9. The average molecular weight is 486 g/mol. The molecule has 4 N–H and O–H groups in total. The molecule has 9 nitrogen and oxygen atoms in total. The van der Waals surface area contributed by atoms with Crippen LogP contribution in [0, 0.1) is 0 Å². The second-order valence-electron chi connectivity index (χ2n) is 7.39. The van der Waals surface area contributed by atoms with Crippen LogP contribution >= 0.6 is 23.2 Å². The smallest absolute Gasteiger partial charge is 0.258 e. The highest BCUT2D eigenvalue weighted by Crippen LogP contribution is 2.31. The zero-order chi connectivity index (χ0) is 23.7. The molecule has 3 aromatic rings. The lowest BCUT2D eigenvalue weighted by atomic mass is 9.92. The van der Waals surface area contributed by atoms with E-state index in [0.29, 0.717) is 27.0 Å². The lowest BCUT2D eigenvalue weighted by molar-refractivity contribution is -0.123. The largest absolute Gasteiger partial charge is 0.326 e. The van der Waals surface area contributed by atoms with Gasteiger partial charge < -0.3 is 16.0 Å². The number of H-pyrrole nitrogens is 1. The lowest BCUT2D eigenvalue weighted by Gasteiger charge is -2.23. The van der Waals surface area contributed by atoms with Gasteiger partial charge in [-0.2, -0.15) is 4.98 Å². The van der Waals surface area contributed by atoms with E-state index in [9.17, 15) is 19.2 Å². The molecule has 11 heteroatoms. The third-order valence-corrected chi connectivity index (χ3v) is 5.39. The van der Waals surface area contributed by atoms with Crippen LogP contribution in [0.25, 0.3) is 0 Å². The normalized spacial score (nSPS) is 14.8. The first-order chi connectivity index (χ1) is 15.7. The van der Waals surface area contributed by atoms with Gasteiger partial charge in [0.05, 0.1) is 11.5 Å². The first-order valence-corrected chi connectivity index (χ1v) is 10.5. The fourth-order valence-electron chi connectivity index (χ4n) is 3.43. The number of aromatic amines is 1. The molecule has 1 aromatic heterocycles. The summed E-state index contributed by atoms with van der Waals surface area (Å²) in [4.78, 5) is 56.2. The molecule has 0 saturated heterocycles. The van der Waals surface area contributed by atoms with E-state index in [4.69, 9.17) is 23.2 Å². The number of halogens is 2. The van der Waals surface area contributed by atoms with Crippen molar-refractivity contribution in [1.29, 1.82) is 0 Å². The van der Waals surface area contributed by atoms with Crippen LogP contribution < -0.4 is 21.5 Å². The number of hydrogen-bond acceptors (Lipinski definition) is 6. The van der Waals surface area contributed by atoms with Gasteiger partial charge in [0.2, 0.25) is 17.8 Å². The summed E-state index contributed by atoms with van der Waals surface area (Å²) in [7, 11) is 0. The number of nitrogens with one attached hydrogen (secondary N) is 4. The third-order valence-electron chi connectivity index (χ3n) is 4.95. The van der Waals surface area contributed by atoms with Crippen LogP contribution in [0.15, 0.2) is 47.3 Å². The number of aromatic nitrogens is 2. The number of hydrogen-bond donors (Lipinski definition) is 4. The summed E-state index contributed by atoms with van der Waals surface area (Å²) in [6.07, 6.45) is -0.216. The Morgan fingerprint density at radius 3 is 2.33 bits per heavy atom. The number of carbonyl (C=O) groups excluding carboxylic acids is 3. The standard InChI is InChI=1S/C22H17Cl2N5O4/c1-10(30)11-2-4-14(5-3-11)25-20(32)16-9-17(31)27-19-18(16)21(33)29-22(28-19)26-15-7-12(23)6-13(24)8-15/h2-8,16H,9H2,1H3,(H,25,32)(H3,26,27,28,29,31,33)/t16-/m1/s1. The number of amides is 2. The lowest BCUT2D eigenvalue weighted by Crippen LogP contribution is -2.36. The Morgan fingerprint density at radius 1 is 1.03 bits per heavy atom. The third kappa shape index (κ3) is 5.05. The number of anilines is 4. The molecule has 0 saturated carbocycles. The van der Waals surface area contributed by atoms with Gasteiger partial charge in [0.1, 0.15) is 5.82 Å². The van der Waals surface area contributed by atoms with Crippen molar-refractivity contribution in [2.75, 3.05) is 16.0 Å². The molecule has 0 spiro atoms. The molecule has 168 valence electrons. The van der Waals surface area contributed by atoms with Crippen LogP contribution in [-0.4, -0.2) is 27.6 Å². The zero-order valence-corrected chi connectivity index (χ0v) is 18.7. The fourth-order valence-corrected chi connectivity index (χ4v) is 3.96. The maximum Gasteiger partial charge on any atom is 0.258 e. The van der Waals surface area contributed by atoms with Crippen LogP contribution in [-0.2, 0) is 9.59 Å². The van der Waals surface area contributed by atoms with Crippen molar-refractivity contribution in [3.05, 3.63) is 74.0 Å². The molecule has 2 amide bonds. The summed E-state index contributed by atoms with van der Waals surface area (Å²) in [6.45, 7) is 1.44. The van der Waals surface area contributed by atoms with Gasteiger partial charge >= 0.3 is 0 Å². The van der Waals surface area contributed by atoms with Crippen molar-refractivity contribution in [2.45, 2.75) is 19.3 Å². The van der Waals surface area contributed by atoms with Crippen LogP contribution in [0.5, 0.6) is 0 Å². The molecule has 0 fully saturated rings. The first kappa shape index (κ1) is 22.5. The molecular weight excluding hydrogens is 469 g/mol. The topological polar surface area (TPSA) is 133 Å². The van der Waals surface area contributed by atoms with E-state index < -0.39 is 23.3 Å². The molecule has 33 heavy (non-hydrogen) atoms. The summed E-state index contributed by atoms with van der Waals surface area (Å²) in [5.74, 6) is -2.13. The Hall–Kier alpha value is -3.69. The molecule has 0 radical (unpaired) electrons. The van der Waals surface area contributed by atoms with Gasteiger partial charge in [0.15, 0.2) is 5.78 Å². The van der Waals surface area contributed by atoms with Crippen molar-refractivity contribution < 1.29 is 14.4 Å². The number of benzene rings is 2. The van der Waals surface area contributed by atoms with Crippen LogP contribution in [0.4, 0.5) is 23.1 Å². The molecular formula is C22H17Cl2N5O4. The number of nitrogens with zero attached hydrogens (tertiary/aromatic N) is 1. The van der Waals surface area contributed by atoms with Gasteiger partial charge in [-0.1, -0.05) is 23.2 Å². The van der Waals surface area contributed by atoms with Gasteiger partial charge in [-0.15, -0.1) is 0 Å². The second-order valence-corrected chi connectivity index (χ2v) is 8.26. The molecule has 0 aliphatic carbocycles. The van der Waals surface area contributed by atoms with Crippen LogP contribution in [0.1, 0.15) is 35.2 Å². The zero-order valence-electron chi connectivity index (χ0n) is 17.2. The fraction of sp³-hybridized carbons (Fsp3) is 0.136. The van der Waals surface area contributed by atoms with Gasteiger partial charge in [-0.25, -0.2) is 0 Å². The Labute approximate surface area is 197 Å². The number of carbonyl (C=O) groups is 3. The Morgan fingerprint density at radius 2 is 1.70 bits per heavy atom. The predicted molar refractivity (Wildman–Crippen MR) is 126 cm³/mol. The predicted octanol–water partition coefficient (Wildman–Crippen LogP) is 4.09. The highest BCUT2D eigenvalue weighted by molar-refractivity contribution is 6.35. The number of Topliss-reactive ketones (excluding diaryl/α,β-unsaturated/α-hetero) is 1. The highest BCUT2D eigenvalue weighted by atomic mass is 35.5. The average Bonchev–Trinajstić information content (AvgIpc) is 2.72. The Kier molecular flexibility index (Phi) is 6.17. The highest BCUT2D eigenvalue weighted by Gasteiger charge is 2.34. The molecule has 0 bridgehead atoms. The van der Waals surface area contributed by atoms with Gasteiger partial charge in [0, 0.05) is 33.4 Å². The van der Waals surface area contributed by atoms with E-state index in [0.717, 1.165) is 0 Å². The molecule has 2 aromatic carbocycles. The first-order valence-electron chi connectivity index (χ1n) is 9.78. The van der Waals surface area contributed by atoms with E-state index in [1.54, 1.807) is 42.5 Å². The van der Waals surface area contributed by atoms with E-state index in [1.807, 2.05) is 0 Å². The number of ketones is 1. The van der Waals surface area contributed by atoms with Crippen molar-refractivity contribution in [2.24, 2.45) is 0 Å². The van der Waals surface area contributed by atoms with Crippen LogP contribution in [0.3, 0.4) is 0 Å². The molecule has 1 aliphatic rings. The number of fused-ring (bicyclic) bond motifs is 1. The van der Waals surface area contributed by atoms with Crippen molar-refractivity contribution in [1.82, 2.24) is 9.97 Å². The summed E-state index contributed by atoms with van der Waals surface area (Å²) >= 11 is 12.0. The minimum atomic E-state index is -1.05. The minimum absolute atomic E-state index is 0.0160. The summed E-state index contributed by atoms with van der Waals surface area (Å²) in [5, 5.41) is 8.85. The van der Waals surface area contributed by atoms with E-state index >= 15 is 0 Å².